The van der Waals surface area contributed by atoms with Crippen LogP contribution in [0.1, 0.15) is 6.42 Å². The molecule has 4 nitrogen and oxygen atoms in total. The molecule has 0 fully saturated rings. The highest BCUT2D eigenvalue weighted by Gasteiger charge is 2.12. The summed E-state index contributed by atoms with van der Waals surface area (Å²) in [7, 11) is 0. The lowest BCUT2D eigenvalue weighted by atomic mass is 10.2. The second-order valence-electron chi connectivity index (χ2n) is 3.43. The first-order valence-corrected chi connectivity index (χ1v) is 4.90. The molecule has 0 aliphatic heterocycles. The SMILES string of the molecule is C#CCCn1ccc2c([N+](=O)[O-])cccc21. The highest BCUT2D eigenvalue weighted by Crippen LogP contribution is 2.26. The van der Waals surface area contributed by atoms with Gasteiger partial charge in [0.25, 0.3) is 5.69 Å². The standard InChI is InChI=1S/C12H10N2O2/c1-2-3-8-13-9-7-10-11(13)5-4-6-12(10)14(15)16/h1,4-7,9H,3,8H2. The molecule has 0 spiro atoms. The molecule has 0 radical (unpaired) electrons. The molecule has 2 rings (SSSR count). The first kappa shape index (κ1) is 10.2. The largest absolute Gasteiger partial charge is 0.346 e. The minimum absolute atomic E-state index is 0.136. The van der Waals surface area contributed by atoms with E-state index in [0.29, 0.717) is 18.4 Å². The Kier molecular flexibility index (Phi) is 2.61. The molecule has 0 bridgehead atoms. The molecule has 0 atom stereocenters. The minimum atomic E-state index is -0.367. The number of non-ortho nitro benzene ring substituents is 1. The summed E-state index contributed by atoms with van der Waals surface area (Å²) in [6.07, 6.45) is 7.64. The third-order valence-corrected chi connectivity index (χ3v) is 2.48. The van der Waals surface area contributed by atoms with Crippen molar-refractivity contribution in [2.24, 2.45) is 0 Å². The Morgan fingerprint density at radius 2 is 2.25 bits per heavy atom. The Bertz CT molecular complexity index is 578. The van der Waals surface area contributed by atoms with Crippen LogP contribution in [-0.2, 0) is 6.54 Å². The van der Waals surface area contributed by atoms with E-state index in [1.54, 1.807) is 12.1 Å². The van der Waals surface area contributed by atoms with E-state index >= 15 is 0 Å². The van der Waals surface area contributed by atoms with Crippen molar-refractivity contribution in [1.82, 2.24) is 4.57 Å². The summed E-state index contributed by atoms with van der Waals surface area (Å²) in [5, 5.41) is 11.5. The van der Waals surface area contributed by atoms with Crippen molar-refractivity contribution in [2.45, 2.75) is 13.0 Å². The van der Waals surface area contributed by atoms with Crippen LogP contribution in [0.4, 0.5) is 5.69 Å². The predicted molar refractivity (Wildman–Crippen MR) is 62.0 cm³/mol. The molecule has 0 saturated heterocycles. The Balaban J connectivity index is 2.53. The van der Waals surface area contributed by atoms with Crippen molar-refractivity contribution in [3.05, 3.63) is 40.6 Å². The van der Waals surface area contributed by atoms with Gasteiger partial charge in [0.15, 0.2) is 0 Å². The fourth-order valence-electron chi connectivity index (χ4n) is 1.75. The zero-order valence-corrected chi connectivity index (χ0v) is 8.59. The highest BCUT2D eigenvalue weighted by atomic mass is 16.6. The number of nitrogens with zero attached hydrogens (tertiary/aromatic N) is 2. The lowest BCUT2D eigenvalue weighted by Crippen LogP contribution is -1.95. The Morgan fingerprint density at radius 1 is 1.44 bits per heavy atom. The van der Waals surface area contributed by atoms with E-state index in [1.165, 1.54) is 6.07 Å². The third-order valence-electron chi connectivity index (χ3n) is 2.48. The van der Waals surface area contributed by atoms with Gasteiger partial charge >= 0.3 is 0 Å². The van der Waals surface area contributed by atoms with Gasteiger partial charge in [-0.3, -0.25) is 10.1 Å². The second-order valence-corrected chi connectivity index (χ2v) is 3.43. The Hall–Kier alpha value is -2.28. The molecule has 0 amide bonds. The number of aromatic nitrogens is 1. The fourth-order valence-corrected chi connectivity index (χ4v) is 1.75. The van der Waals surface area contributed by atoms with E-state index in [0.717, 1.165) is 5.52 Å². The summed E-state index contributed by atoms with van der Waals surface area (Å²) >= 11 is 0. The number of nitro groups is 1. The molecular weight excluding hydrogens is 204 g/mol. The van der Waals surface area contributed by atoms with Crippen molar-refractivity contribution in [3.63, 3.8) is 0 Å². The van der Waals surface area contributed by atoms with E-state index in [2.05, 4.69) is 5.92 Å². The summed E-state index contributed by atoms with van der Waals surface area (Å²) in [4.78, 5) is 10.4. The number of nitro benzene ring substituents is 1. The third kappa shape index (κ3) is 1.63. The van der Waals surface area contributed by atoms with E-state index in [9.17, 15) is 10.1 Å². The number of benzene rings is 1. The normalized spacial score (nSPS) is 10.2. The van der Waals surface area contributed by atoms with E-state index in [1.807, 2.05) is 16.8 Å². The number of aryl methyl sites for hydroxylation is 1. The van der Waals surface area contributed by atoms with Gasteiger partial charge in [0.1, 0.15) is 0 Å². The fraction of sp³-hybridized carbons (Fsp3) is 0.167. The average molecular weight is 214 g/mol. The van der Waals surface area contributed by atoms with Crippen molar-refractivity contribution >= 4 is 16.6 Å². The van der Waals surface area contributed by atoms with E-state index < -0.39 is 0 Å². The van der Waals surface area contributed by atoms with Crippen LogP contribution >= 0.6 is 0 Å². The smallest absolute Gasteiger partial charge is 0.278 e. The van der Waals surface area contributed by atoms with Crippen LogP contribution in [0.25, 0.3) is 10.9 Å². The van der Waals surface area contributed by atoms with Gasteiger partial charge in [-0.25, -0.2) is 0 Å². The summed E-state index contributed by atoms with van der Waals surface area (Å²) in [5.41, 5.74) is 0.987. The predicted octanol–water partition coefficient (Wildman–Crippen LogP) is 2.57. The maximum Gasteiger partial charge on any atom is 0.278 e. The molecule has 0 aliphatic rings. The molecule has 1 aromatic carbocycles. The number of hydrogen-bond acceptors (Lipinski definition) is 2. The van der Waals surface area contributed by atoms with Crippen LogP contribution in [0.2, 0.25) is 0 Å². The zero-order valence-electron chi connectivity index (χ0n) is 8.59. The minimum Gasteiger partial charge on any atom is -0.346 e. The Labute approximate surface area is 92.6 Å². The highest BCUT2D eigenvalue weighted by molar-refractivity contribution is 5.89. The van der Waals surface area contributed by atoms with Crippen LogP contribution in [0, 0.1) is 22.5 Å². The van der Waals surface area contributed by atoms with Crippen LogP contribution in [0.15, 0.2) is 30.5 Å². The molecule has 1 heterocycles. The van der Waals surface area contributed by atoms with Gasteiger partial charge in [-0.05, 0) is 12.1 Å². The summed E-state index contributed by atoms with van der Waals surface area (Å²) < 4.78 is 1.93. The maximum absolute atomic E-state index is 10.8. The maximum atomic E-state index is 10.8. The summed E-state index contributed by atoms with van der Waals surface area (Å²) in [5.74, 6) is 2.55. The molecule has 0 unspecified atom stereocenters. The number of fused-ring (bicyclic) bond motifs is 1. The van der Waals surface area contributed by atoms with Gasteiger partial charge in [-0.15, -0.1) is 12.3 Å². The van der Waals surface area contributed by atoms with Gasteiger partial charge in [0.2, 0.25) is 0 Å². The molecule has 2 aromatic rings. The van der Waals surface area contributed by atoms with Gasteiger partial charge in [0.05, 0.1) is 15.8 Å². The van der Waals surface area contributed by atoms with Gasteiger partial charge < -0.3 is 4.57 Å². The van der Waals surface area contributed by atoms with E-state index in [4.69, 9.17) is 6.42 Å². The quantitative estimate of drug-likeness (QED) is 0.448. The lowest BCUT2D eigenvalue weighted by molar-refractivity contribution is -0.383. The Morgan fingerprint density at radius 3 is 2.94 bits per heavy atom. The van der Waals surface area contributed by atoms with Gasteiger partial charge in [0, 0.05) is 25.2 Å². The lowest BCUT2D eigenvalue weighted by Gasteiger charge is -2.01. The zero-order chi connectivity index (χ0) is 11.5. The average Bonchev–Trinajstić information content (AvgIpc) is 2.69. The number of hydrogen-bond donors (Lipinski definition) is 0. The first-order valence-electron chi connectivity index (χ1n) is 4.90. The molecule has 0 saturated carbocycles. The number of rotatable bonds is 3. The van der Waals surface area contributed by atoms with Gasteiger partial charge in [-0.1, -0.05) is 6.07 Å². The molecule has 0 aliphatic carbocycles. The van der Waals surface area contributed by atoms with Crippen LogP contribution < -0.4 is 0 Å². The molecule has 4 heteroatoms. The molecule has 1 aromatic heterocycles. The molecule has 0 N–H and O–H groups in total. The van der Waals surface area contributed by atoms with Crippen molar-refractivity contribution < 1.29 is 4.92 Å². The van der Waals surface area contributed by atoms with Crippen LogP contribution in [0.3, 0.4) is 0 Å². The molecule has 16 heavy (non-hydrogen) atoms. The summed E-state index contributed by atoms with van der Waals surface area (Å²) in [6.45, 7) is 0.682. The van der Waals surface area contributed by atoms with Crippen molar-refractivity contribution in [2.75, 3.05) is 0 Å². The van der Waals surface area contributed by atoms with Crippen LogP contribution in [0.5, 0.6) is 0 Å². The molecule has 80 valence electrons. The summed E-state index contributed by atoms with van der Waals surface area (Å²) in [6, 6.07) is 6.81. The molecular formula is C12H10N2O2. The second kappa shape index (κ2) is 4.07. The van der Waals surface area contributed by atoms with Gasteiger partial charge in [-0.2, -0.15) is 0 Å². The topological polar surface area (TPSA) is 48.1 Å². The van der Waals surface area contributed by atoms with Crippen molar-refractivity contribution in [1.29, 1.82) is 0 Å². The van der Waals surface area contributed by atoms with Crippen molar-refractivity contribution in [3.8, 4) is 12.3 Å². The first-order chi connectivity index (χ1) is 7.74. The number of terminal acetylenes is 1. The van der Waals surface area contributed by atoms with Crippen LogP contribution in [-0.4, -0.2) is 9.49 Å². The van der Waals surface area contributed by atoms with E-state index in [-0.39, 0.29) is 10.6 Å². The monoisotopic (exact) mass is 214 g/mol.